The van der Waals surface area contributed by atoms with E-state index in [1.807, 2.05) is 60.7 Å². The van der Waals surface area contributed by atoms with Gasteiger partial charge in [-0.1, -0.05) is 35.9 Å². The first-order valence-electron chi connectivity index (χ1n) is 10.3. The normalized spacial score (nSPS) is 10.4. The second kappa shape index (κ2) is 9.75. The zero-order chi connectivity index (χ0) is 22.3. The number of benzene rings is 3. The molecule has 0 unspecified atom stereocenters. The van der Waals surface area contributed by atoms with Crippen molar-refractivity contribution in [2.24, 2.45) is 0 Å². The lowest BCUT2D eigenvalue weighted by atomic mass is 10.1. The van der Waals surface area contributed by atoms with Crippen LogP contribution < -0.4 is 15.4 Å². The van der Waals surface area contributed by atoms with Crippen molar-refractivity contribution in [1.82, 2.24) is 15.5 Å². The summed E-state index contributed by atoms with van der Waals surface area (Å²) in [7, 11) is 1.62. The molecule has 0 aliphatic rings. The predicted molar refractivity (Wildman–Crippen MR) is 126 cm³/mol. The van der Waals surface area contributed by atoms with Crippen molar-refractivity contribution in [2.75, 3.05) is 12.4 Å². The molecule has 4 aromatic rings. The van der Waals surface area contributed by atoms with Gasteiger partial charge in [0.05, 0.1) is 12.8 Å². The van der Waals surface area contributed by atoms with E-state index < -0.39 is 0 Å². The van der Waals surface area contributed by atoms with Gasteiger partial charge in [0.1, 0.15) is 5.75 Å². The number of methoxy groups -OCH3 is 1. The van der Waals surface area contributed by atoms with Crippen LogP contribution in [-0.4, -0.2) is 23.2 Å². The summed E-state index contributed by atoms with van der Waals surface area (Å²) < 4.78 is 5.21. The molecule has 3 aromatic carbocycles. The van der Waals surface area contributed by atoms with Gasteiger partial charge in [-0.2, -0.15) is 0 Å². The third kappa shape index (κ3) is 5.29. The summed E-state index contributed by atoms with van der Waals surface area (Å²) in [5.41, 5.74) is 5.42. The van der Waals surface area contributed by atoms with Crippen LogP contribution in [0.3, 0.4) is 0 Å². The van der Waals surface area contributed by atoms with Crippen LogP contribution in [0.5, 0.6) is 5.75 Å². The van der Waals surface area contributed by atoms with E-state index in [1.54, 1.807) is 19.2 Å². The Labute approximate surface area is 187 Å². The second-order valence-electron chi connectivity index (χ2n) is 7.41. The van der Waals surface area contributed by atoms with Crippen molar-refractivity contribution in [3.05, 3.63) is 102 Å². The van der Waals surface area contributed by atoms with Gasteiger partial charge in [-0.25, -0.2) is 0 Å². The Morgan fingerprint density at radius 3 is 2.44 bits per heavy atom. The average Bonchev–Trinajstić information content (AvgIpc) is 2.83. The molecule has 1 heterocycles. The van der Waals surface area contributed by atoms with Crippen LogP contribution in [0.25, 0.3) is 11.3 Å². The van der Waals surface area contributed by atoms with Crippen molar-refractivity contribution in [2.45, 2.75) is 13.5 Å². The Morgan fingerprint density at radius 1 is 0.906 bits per heavy atom. The smallest absolute Gasteiger partial charge is 0.251 e. The molecular weight excluding hydrogens is 400 g/mol. The molecule has 4 rings (SSSR count). The molecular formula is C26H24N4O2. The fourth-order valence-corrected chi connectivity index (χ4v) is 3.28. The SMILES string of the molecule is COc1cccc(CNC(=O)c2ccc(Nc3ccc(-c4cccc(C)c4)nn3)cc2)c1. The van der Waals surface area contributed by atoms with E-state index in [1.165, 1.54) is 5.56 Å². The molecule has 6 nitrogen and oxygen atoms in total. The number of ether oxygens (including phenoxy) is 1. The van der Waals surface area contributed by atoms with Crippen molar-refractivity contribution in [3.8, 4) is 17.0 Å². The number of nitrogens with zero attached hydrogens (tertiary/aromatic N) is 2. The van der Waals surface area contributed by atoms with E-state index in [4.69, 9.17) is 4.74 Å². The Balaban J connectivity index is 1.35. The van der Waals surface area contributed by atoms with Crippen LogP contribution in [0.2, 0.25) is 0 Å². The number of anilines is 2. The minimum Gasteiger partial charge on any atom is -0.497 e. The molecule has 0 saturated carbocycles. The van der Waals surface area contributed by atoms with Crippen molar-refractivity contribution >= 4 is 17.4 Å². The van der Waals surface area contributed by atoms with Crippen molar-refractivity contribution in [1.29, 1.82) is 0 Å². The van der Waals surface area contributed by atoms with Gasteiger partial charge in [-0.05, 0) is 67.1 Å². The minimum absolute atomic E-state index is 0.137. The Kier molecular flexibility index (Phi) is 6.41. The number of nitrogens with one attached hydrogen (secondary N) is 2. The number of amides is 1. The van der Waals surface area contributed by atoms with Gasteiger partial charge in [0.2, 0.25) is 0 Å². The minimum atomic E-state index is -0.137. The van der Waals surface area contributed by atoms with Crippen LogP contribution in [-0.2, 0) is 6.54 Å². The monoisotopic (exact) mass is 424 g/mol. The second-order valence-corrected chi connectivity index (χ2v) is 7.41. The van der Waals surface area contributed by atoms with E-state index in [2.05, 4.69) is 39.9 Å². The third-order valence-corrected chi connectivity index (χ3v) is 4.99. The van der Waals surface area contributed by atoms with Crippen LogP contribution in [0, 0.1) is 6.92 Å². The number of aromatic nitrogens is 2. The quantitative estimate of drug-likeness (QED) is 0.430. The molecule has 0 atom stereocenters. The molecule has 0 aliphatic carbocycles. The number of rotatable bonds is 7. The zero-order valence-corrected chi connectivity index (χ0v) is 18.0. The first-order valence-corrected chi connectivity index (χ1v) is 10.3. The van der Waals surface area contributed by atoms with E-state index in [0.717, 1.165) is 28.3 Å². The highest BCUT2D eigenvalue weighted by molar-refractivity contribution is 5.94. The zero-order valence-electron chi connectivity index (χ0n) is 18.0. The van der Waals surface area contributed by atoms with Gasteiger partial charge in [0, 0.05) is 23.4 Å². The summed E-state index contributed by atoms with van der Waals surface area (Å²) in [6.45, 7) is 2.48. The lowest BCUT2D eigenvalue weighted by Gasteiger charge is -2.09. The summed E-state index contributed by atoms with van der Waals surface area (Å²) in [5, 5.41) is 14.7. The number of hydrogen-bond donors (Lipinski definition) is 2. The molecule has 0 bridgehead atoms. The lowest BCUT2D eigenvalue weighted by molar-refractivity contribution is 0.0951. The Morgan fingerprint density at radius 2 is 1.72 bits per heavy atom. The van der Waals surface area contributed by atoms with Gasteiger partial charge in [-0.15, -0.1) is 10.2 Å². The molecule has 160 valence electrons. The molecule has 0 spiro atoms. The van der Waals surface area contributed by atoms with Crippen molar-refractivity contribution in [3.63, 3.8) is 0 Å². The van der Waals surface area contributed by atoms with E-state index in [0.29, 0.717) is 17.9 Å². The average molecular weight is 425 g/mol. The molecule has 0 saturated heterocycles. The van der Waals surface area contributed by atoms with Gasteiger partial charge in [-0.3, -0.25) is 4.79 Å². The number of carbonyl (C=O) groups excluding carboxylic acids is 1. The first-order chi connectivity index (χ1) is 15.6. The summed E-state index contributed by atoms with van der Waals surface area (Å²) in [6, 6.07) is 26.8. The highest BCUT2D eigenvalue weighted by Gasteiger charge is 2.07. The Bertz CT molecular complexity index is 1210. The fourth-order valence-electron chi connectivity index (χ4n) is 3.28. The predicted octanol–water partition coefficient (Wildman–Crippen LogP) is 5.13. The molecule has 0 aliphatic heterocycles. The maximum Gasteiger partial charge on any atom is 0.251 e. The van der Waals surface area contributed by atoms with E-state index in [9.17, 15) is 4.79 Å². The molecule has 1 amide bonds. The lowest BCUT2D eigenvalue weighted by Crippen LogP contribution is -2.22. The number of aryl methyl sites for hydroxylation is 1. The number of carbonyl (C=O) groups is 1. The first kappa shape index (κ1) is 21.1. The van der Waals surface area contributed by atoms with Crippen LogP contribution >= 0.6 is 0 Å². The van der Waals surface area contributed by atoms with Crippen molar-refractivity contribution < 1.29 is 9.53 Å². The third-order valence-electron chi connectivity index (χ3n) is 4.99. The van der Waals surface area contributed by atoms with Crippen LogP contribution in [0.15, 0.2) is 84.9 Å². The maximum atomic E-state index is 12.5. The van der Waals surface area contributed by atoms with Gasteiger partial charge in [0.15, 0.2) is 5.82 Å². The number of hydrogen-bond acceptors (Lipinski definition) is 5. The summed E-state index contributed by atoms with van der Waals surface area (Å²) in [5.74, 6) is 1.26. The highest BCUT2D eigenvalue weighted by atomic mass is 16.5. The van der Waals surface area contributed by atoms with E-state index in [-0.39, 0.29) is 5.91 Å². The Hall–Kier alpha value is -4.19. The van der Waals surface area contributed by atoms with Gasteiger partial charge in [0.25, 0.3) is 5.91 Å². The maximum absolute atomic E-state index is 12.5. The van der Waals surface area contributed by atoms with Crippen LogP contribution in [0.4, 0.5) is 11.5 Å². The molecule has 0 fully saturated rings. The molecule has 6 heteroatoms. The molecule has 1 aromatic heterocycles. The van der Waals surface area contributed by atoms with Gasteiger partial charge < -0.3 is 15.4 Å². The molecule has 32 heavy (non-hydrogen) atoms. The summed E-state index contributed by atoms with van der Waals surface area (Å²) in [4.78, 5) is 12.5. The topological polar surface area (TPSA) is 76.1 Å². The summed E-state index contributed by atoms with van der Waals surface area (Å²) >= 11 is 0. The standard InChI is InChI=1S/C26H24N4O2/c1-18-5-3-7-21(15-18)24-13-14-25(30-29-24)28-22-11-9-20(10-12-22)26(31)27-17-19-6-4-8-23(16-19)32-2/h3-16H,17H2,1-2H3,(H,27,31)(H,28,30). The fraction of sp³-hybridized carbons (Fsp3) is 0.115. The summed E-state index contributed by atoms with van der Waals surface area (Å²) in [6.07, 6.45) is 0. The highest BCUT2D eigenvalue weighted by Crippen LogP contribution is 2.20. The van der Waals surface area contributed by atoms with E-state index >= 15 is 0 Å². The van der Waals surface area contributed by atoms with Crippen LogP contribution in [0.1, 0.15) is 21.5 Å². The van der Waals surface area contributed by atoms with Gasteiger partial charge >= 0.3 is 0 Å². The molecule has 0 radical (unpaired) electrons. The molecule has 2 N–H and O–H groups in total. The largest absolute Gasteiger partial charge is 0.497 e.